The molecule has 0 spiro atoms. The van der Waals surface area contributed by atoms with Crippen LogP contribution in [0.4, 0.5) is 0 Å². The highest BCUT2D eigenvalue weighted by Gasteiger charge is 2.21. The Labute approximate surface area is 101 Å². The van der Waals surface area contributed by atoms with Crippen LogP contribution in [0, 0.1) is 11.3 Å². The van der Waals surface area contributed by atoms with E-state index in [1.54, 1.807) is 0 Å². The van der Waals surface area contributed by atoms with Gasteiger partial charge in [-0.1, -0.05) is 0 Å². The normalized spacial score (nSPS) is 17.2. The third-order valence-electron chi connectivity index (χ3n) is 2.36. The maximum absolute atomic E-state index is 8.90. The molecule has 1 aromatic rings. The molecule has 2 rings (SSSR count). The minimum Gasteiger partial charge on any atom is -0.198 e. The maximum Gasteiger partial charge on any atom is 0.0789 e. The second-order valence-electron chi connectivity index (χ2n) is 3.34. The van der Waals surface area contributed by atoms with E-state index in [0.717, 1.165) is 5.75 Å². The van der Waals surface area contributed by atoms with Gasteiger partial charge in [0.1, 0.15) is 0 Å². The molecule has 0 radical (unpaired) electrons. The fraction of sp³-hybridized carbons (Fsp3) is 0.500. The quantitative estimate of drug-likeness (QED) is 0.782. The second-order valence-corrected chi connectivity index (χ2v) is 6.37. The molecule has 0 fully saturated rings. The molecule has 0 bridgehead atoms. The average molecular weight is 288 g/mol. The van der Waals surface area contributed by atoms with Crippen LogP contribution in [-0.4, -0.2) is 5.75 Å². The number of nitrogens with zero attached hydrogens (tertiary/aromatic N) is 1. The van der Waals surface area contributed by atoms with Gasteiger partial charge in [0.25, 0.3) is 0 Å². The monoisotopic (exact) mass is 287 g/mol. The molecule has 1 aliphatic rings. The fourth-order valence-corrected chi connectivity index (χ4v) is 5.26. The van der Waals surface area contributed by atoms with Gasteiger partial charge in [-0.05, 0) is 40.6 Å². The number of aryl methyl sites for hydroxylation is 1. The molecule has 74 valence electrons. The van der Waals surface area contributed by atoms with Gasteiger partial charge in [0, 0.05) is 20.0 Å². The number of thiophene rings is 1. The average Bonchev–Trinajstić information content (AvgIpc) is 2.56. The lowest BCUT2D eigenvalue weighted by atomic mass is 10.1. The Bertz CT molecular complexity index is 392. The van der Waals surface area contributed by atoms with Crippen LogP contribution >= 0.6 is 39.0 Å². The highest BCUT2D eigenvalue weighted by Crippen LogP contribution is 2.42. The smallest absolute Gasteiger partial charge is 0.0789 e. The van der Waals surface area contributed by atoms with Crippen LogP contribution in [0.3, 0.4) is 0 Å². The second kappa shape index (κ2) is 4.26. The van der Waals surface area contributed by atoms with E-state index in [4.69, 9.17) is 5.26 Å². The summed E-state index contributed by atoms with van der Waals surface area (Å²) in [6.45, 7) is 1.97. The number of hydrogen-bond acceptors (Lipinski definition) is 3. The van der Waals surface area contributed by atoms with E-state index in [-0.39, 0.29) is 5.92 Å². The Morgan fingerprint density at radius 2 is 2.36 bits per heavy atom. The Hall–Kier alpha value is 0.0200. The van der Waals surface area contributed by atoms with Gasteiger partial charge in [-0.15, -0.1) is 11.3 Å². The Balaban J connectivity index is 2.44. The van der Waals surface area contributed by atoms with Gasteiger partial charge >= 0.3 is 0 Å². The fourth-order valence-electron chi connectivity index (χ4n) is 1.53. The van der Waals surface area contributed by atoms with Crippen molar-refractivity contribution in [3.63, 3.8) is 0 Å². The van der Waals surface area contributed by atoms with Crippen LogP contribution in [0.2, 0.25) is 0 Å². The lowest BCUT2D eigenvalue weighted by molar-refractivity contribution is 1.00. The summed E-state index contributed by atoms with van der Waals surface area (Å²) < 4.78 is 1.19. The molecule has 0 amide bonds. The summed E-state index contributed by atoms with van der Waals surface area (Å²) in [6, 6.07) is 2.30. The first-order valence-electron chi connectivity index (χ1n) is 4.51. The van der Waals surface area contributed by atoms with Gasteiger partial charge < -0.3 is 0 Å². The van der Waals surface area contributed by atoms with Crippen LogP contribution in [0.25, 0.3) is 0 Å². The summed E-state index contributed by atoms with van der Waals surface area (Å²) in [4.78, 5) is 2.69. The first kappa shape index (κ1) is 10.5. The zero-order valence-corrected chi connectivity index (χ0v) is 11.1. The summed E-state index contributed by atoms with van der Waals surface area (Å²) in [5.41, 5.74) is 1.43. The molecule has 0 aliphatic carbocycles. The minimum absolute atomic E-state index is 0.0185. The summed E-state index contributed by atoms with van der Waals surface area (Å²) in [7, 11) is 0. The zero-order chi connectivity index (χ0) is 10.1. The van der Waals surface area contributed by atoms with E-state index in [1.165, 1.54) is 32.0 Å². The third kappa shape index (κ3) is 1.73. The standard InChI is InChI=1S/C10H10BrNS2/c1-6(4-12)10-9(11)7-5-13-3-2-8(7)14-10/h6H,2-3,5H2,1H3. The lowest BCUT2D eigenvalue weighted by Crippen LogP contribution is -1.97. The highest BCUT2D eigenvalue weighted by atomic mass is 79.9. The summed E-state index contributed by atoms with van der Waals surface area (Å²) in [5.74, 6) is 2.34. The minimum atomic E-state index is 0.0185. The van der Waals surface area contributed by atoms with Crippen LogP contribution < -0.4 is 0 Å². The molecular formula is C10H10BrNS2. The molecule has 0 saturated heterocycles. The number of thioether (sulfide) groups is 1. The first-order valence-corrected chi connectivity index (χ1v) is 7.27. The van der Waals surface area contributed by atoms with Crippen molar-refractivity contribution in [3.05, 3.63) is 19.8 Å². The molecule has 4 heteroatoms. The van der Waals surface area contributed by atoms with Crippen molar-refractivity contribution < 1.29 is 0 Å². The predicted octanol–water partition coefficient (Wildman–Crippen LogP) is 3.93. The molecule has 14 heavy (non-hydrogen) atoms. The van der Waals surface area contributed by atoms with E-state index >= 15 is 0 Å². The molecule has 0 aromatic carbocycles. The number of fused-ring (bicyclic) bond motifs is 1. The first-order chi connectivity index (χ1) is 6.74. The molecule has 0 N–H and O–H groups in total. The van der Waals surface area contributed by atoms with E-state index in [9.17, 15) is 0 Å². The molecular weight excluding hydrogens is 278 g/mol. The van der Waals surface area contributed by atoms with Gasteiger partial charge in [-0.2, -0.15) is 17.0 Å². The van der Waals surface area contributed by atoms with Crippen molar-refractivity contribution in [1.82, 2.24) is 0 Å². The third-order valence-corrected chi connectivity index (χ3v) is 5.99. The summed E-state index contributed by atoms with van der Waals surface area (Å²) >= 11 is 7.41. The van der Waals surface area contributed by atoms with Crippen molar-refractivity contribution in [2.45, 2.75) is 25.0 Å². The molecule has 2 heterocycles. The van der Waals surface area contributed by atoms with Crippen molar-refractivity contribution in [1.29, 1.82) is 5.26 Å². The van der Waals surface area contributed by atoms with E-state index < -0.39 is 0 Å². The number of nitriles is 1. The topological polar surface area (TPSA) is 23.8 Å². The Morgan fingerprint density at radius 1 is 1.57 bits per heavy atom. The van der Waals surface area contributed by atoms with Crippen LogP contribution in [0.15, 0.2) is 4.47 Å². The van der Waals surface area contributed by atoms with Gasteiger partial charge in [0.05, 0.1) is 12.0 Å². The number of hydrogen-bond donors (Lipinski definition) is 0. The van der Waals surface area contributed by atoms with Crippen molar-refractivity contribution >= 4 is 39.0 Å². The Kier molecular flexibility index (Phi) is 3.20. The predicted molar refractivity (Wildman–Crippen MR) is 65.9 cm³/mol. The molecule has 1 atom stereocenters. The van der Waals surface area contributed by atoms with Crippen LogP contribution in [0.5, 0.6) is 0 Å². The highest BCUT2D eigenvalue weighted by molar-refractivity contribution is 9.10. The van der Waals surface area contributed by atoms with E-state index in [1.807, 2.05) is 30.0 Å². The molecule has 0 saturated carbocycles. The number of rotatable bonds is 1. The maximum atomic E-state index is 8.90. The molecule has 1 aliphatic heterocycles. The van der Waals surface area contributed by atoms with Gasteiger partial charge in [0.15, 0.2) is 0 Å². The van der Waals surface area contributed by atoms with Gasteiger partial charge in [0.2, 0.25) is 0 Å². The van der Waals surface area contributed by atoms with Crippen molar-refractivity contribution in [3.8, 4) is 6.07 Å². The van der Waals surface area contributed by atoms with E-state index in [0.29, 0.717) is 0 Å². The van der Waals surface area contributed by atoms with Gasteiger partial charge in [-0.25, -0.2) is 0 Å². The Morgan fingerprint density at radius 3 is 3.00 bits per heavy atom. The number of halogens is 1. The lowest BCUT2D eigenvalue weighted by Gasteiger charge is -2.09. The van der Waals surface area contributed by atoms with Crippen LogP contribution in [-0.2, 0) is 12.2 Å². The van der Waals surface area contributed by atoms with Crippen molar-refractivity contribution in [2.75, 3.05) is 5.75 Å². The molecule has 1 aromatic heterocycles. The van der Waals surface area contributed by atoms with Crippen molar-refractivity contribution in [2.24, 2.45) is 0 Å². The molecule has 1 nitrogen and oxygen atoms in total. The van der Waals surface area contributed by atoms with Crippen LogP contribution in [0.1, 0.15) is 28.2 Å². The summed E-state index contributed by atoms with van der Waals surface area (Å²) in [5, 5.41) is 8.90. The SMILES string of the molecule is CC(C#N)c1sc2c(c1Br)CSCC2. The molecule has 1 unspecified atom stereocenters. The van der Waals surface area contributed by atoms with E-state index in [2.05, 4.69) is 22.0 Å². The summed E-state index contributed by atoms with van der Waals surface area (Å²) in [6.07, 6.45) is 1.17. The largest absolute Gasteiger partial charge is 0.198 e. The van der Waals surface area contributed by atoms with Gasteiger partial charge in [-0.3, -0.25) is 0 Å². The zero-order valence-electron chi connectivity index (χ0n) is 7.84.